The molecule has 11 nitrogen and oxygen atoms in total. The number of aliphatic hydroxyl groups excluding tert-OH is 1. The summed E-state index contributed by atoms with van der Waals surface area (Å²) in [6.45, 7) is 3.49. The number of rotatable bonds is 9. The molecule has 0 unspecified atom stereocenters. The van der Waals surface area contributed by atoms with E-state index in [1.165, 1.54) is 30.6 Å². The summed E-state index contributed by atoms with van der Waals surface area (Å²) in [5.74, 6) is -0.0732. The lowest BCUT2D eigenvalue weighted by molar-refractivity contribution is 0.0389. The third-order valence-electron chi connectivity index (χ3n) is 7.18. The van der Waals surface area contributed by atoms with Gasteiger partial charge in [0.25, 0.3) is 5.91 Å². The number of benzene rings is 3. The van der Waals surface area contributed by atoms with Crippen LogP contribution in [0.25, 0.3) is 0 Å². The van der Waals surface area contributed by atoms with Crippen LogP contribution in [0.3, 0.4) is 0 Å². The molecule has 3 atom stereocenters. The lowest BCUT2D eigenvalue weighted by Crippen LogP contribution is -2.50. The number of amides is 3. The van der Waals surface area contributed by atoms with Crippen LogP contribution in [0.2, 0.25) is 0 Å². The summed E-state index contributed by atoms with van der Waals surface area (Å²) in [6, 6.07) is 18.7. The first kappa shape index (κ1) is 30.8. The van der Waals surface area contributed by atoms with Crippen molar-refractivity contribution in [3.63, 3.8) is 0 Å². The summed E-state index contributed by atoms with van der Waals surface area (Å²) < 4.78 is 39.6. The van der Waals surface area contributed by atoms with Crippen molar-refractivity contribution < 1.29 is 32.6 Å². The van der Waals surface area contributed by atoms with Crippen LogP contribution in [-0.4, -0.2) is 80.7 Å². The van der Waals surface area contributed by atoms with Gasteiger partial charge in [-0.1, -0.05) is 31.2 Å². The fourth-order valence-corrected chi connectivity index (χ4v) is 5.83. The molecule has 3 amide bonds. The number of hydrogen-bond acceptors (Lipinski definition) is 7. The zero-order valence-corrected chi connectivity index (χ0v) is 24.8. The number of urea groups is 1. The summed E-state index contributed by atoms with van der Waals surface area (Å²) in [5, 5.41) is 15.4. The second kappa shape index (κ2) is 13.2. The molecular weight excluding hydrogens is 560 g/mol. The smallest absolute Gasteiger partial charge is 0.323 e. The molecule has 1 aliphatic heterocycles. The average Bonchev–Trinajstić information content (AvgIpc) is 2.99. The minimum atomic E-state index is -3.90. The van der Waals surface area contributed by atoms with Crippen LogP contribution in [0, 0.1) is 5.92 Å². The number of methoxy groups -OCH3 is 1. The van der Waals surface area contributed by atoms with Gasteiger partial charge in [-0.2, -0.15) is 4.31 Å². The van der Waals surface area contributed by atoms with Crippen molar-refractivity contribution >= 4 is 33.3 Å². The number of para-hydroxylation sites is 2. The highest BCUT2D eigenvalue weighted by Gasteiger charge is 2.36. The van der Waals surface area contributed by atoms with Crippen LogP contribution in [0.1, 0.15) is 24.2 Å². The largest absolute Gasteiger partial charge is 0.497 e. The fraction of sp³-hybridized carbons (Fsp3) is 0.333. The summed E-state index contributed by atoms with van der Waals surface area (Å²) in [6.07, 6.45) is -0.719. The number of nitrogens with one attached hydrogen (secondary N) is 2. The van der Waals surface area contributed by atoms with Crippen LogP contribution in [0.4, 0.5) is 16.2 Å². The molecule has 1 aliphatic rings. The zero-order chi connectivity index (χ0) is 30.4. The van der Waals surface area contributed by atoms with Crippen molar-refractivity contribution in [2.75, 3.05) is 44.5 Å². The molecule has 0 aromatic heterocycles. The van der Waals surface area contributed by atoms with Gasteiger partial charge in [0.2, 0.25) is 10.0 Å². The molecule has 0 fully saturated rings. The van der Waals surface area contributed by atoms with Crippen LogP contribution < -0.4 is 20.1 Å². The monoisotopic (exact) mass is 596 g/mol. The Balaban J connectivity index is 1.68. The quantitative estimate of drug-likeness (QED) is 0.341. The number of aliphatic hydroxyl groups is 1. The highest BCUT2D eigenvalue weighted by atomic mass is 32.2. The standard InChI is InChI=1S/C30H36N4O7S/c1-20-17-34(21(2)19-35)29(36)25-11-8-12-26(32-30(37)31-22-9-6-5-7-10-22)28(25)41-27(20)18-33(3)42(38,39)24-15-13-23(40-4)14-16-24/h5-16,20-21,27,35H,17-19H2,1-4H3,(H2,31,32,37)/t20-,21+,27+/m1/s1. The Morgan fingerprint density at radius 2 is 1.79 bits per heavy atom. The van der Waals surface area contributed by atoms with E-state index in [1.54, 1.807) is 66.4 Å². The number of fused-ring (bicyclic) bond motifs is 1. The minimum absolute atomic E-state index is 0.0466. The third-order valence-corrected chi connectivity index (χ3v) is 9.01. The third kappa shape index (κ3) is 6.84. The van der Waals surface area contributed by atoms with E-state index >= 15 is 0 Å². The zero-order valence-electron chi connectivity index (χ0n) is 24.0. The number of hydrogen-bond donors (Lipinski definition) is 3. The highest BCUT2D eigenvalue weighted by molar-refractivity contribution is 7.89. The molecule has 12 heteroatoms. The van der Waals surface area contributed by atoms with Crippen LogP contribution in [-0.2, 0) is 10.0 Å². The van der Waals surface area contributed by atoms with E-state index in [-0.39, 0.29) is 53.4 Å². The maximum Gasteiger partial charge on any atom is 0.323 e. The number of carbonyl (C=O) groups excluding carboxylic acids is 2. The summed E-state index contributed by atoms with van der Waals surface area (Å²) in [7, 11) is -0.931. The summed E-state index contributed by atoms with van der Waals surface area (Å²) in [5.41, 5.74) is 1.00. The number of sulfonamides is 1. The number of likely N-dealkylation sites (N-methyl/N-ethyl adjacent to an activating group) is 1. The van der Waals surface area contributed by atoms with Gasteiger partial charge in [-0.15, -0.1) is 0 Å². The lowest BCUT2D eigenvalue weighted by Gasteiger charge is -2.38. The second-order valence-electron chi connectivity index (χ2n) is 10.2. The molecule has 0 spiro atoms. The molecule has 1 heterocycles. The number of anilines is 2. The molecule has 3 aromatic carbocycles. The van der Waals surface area contributed by atoms with Crippen molar-refractivity contribution in [1.82, 2.24) is 9.21 Å². The van der Waals surface area contributed by atoms with Gasteiger partial charge in [0.05, 0.1) is 42.4 Å². The first-order chi connectivity index (χ1) is 20.0. The Labute approximate surface area is 246 Å². The second-order valence-corrected chi connectivity index (χ2v) is 12.3. The maximum atomic E-state index is 13.7. The number of nitrogens with zero attached hydrogens (tertiary/aromatic N) is 2. The number of carbonyl (C=O) groups is 2. The normalized spacial score (nSPS) is 17.9. The molecule has 0 saturated carbocycles. The van der Waals surface area contributed by atoms with E-state index in [4.69, 9.17) is 9.47 Å². The van der Waals surface area contributed by atoms with Gasteiger partial charge in [0.15, 0.2) is 5.75 Å². The van der Waals surface area contributed by atoms with E-state index in [1.807, 2.05) is 13.0 Å². The van der Waals surface area contributed by atoms with Crippen LogP contribution >= 0.6 is 0 Å². The molecule has 3 N–H and O–H groups in total. The lowest BCUT2D eigenvalue weighted by atomic mass is 9.99. The molecule has 42 heavy (non-hydrogen) atoms. The molecule has 0 bridgehead atoms. The van der Waals surface area contributed by atoms with Crippen molar-refractivity contribution in [2.45, 2.75) is 30.9 Å². The van der Waals surface area contributed by atoms with Crippen molar-refractivity contribution in [2.24, 2.45) is 5.92 Å². The van der Waals surface area contributed by atoms with E-state index in [9.17, 15) is 23.1 Å². The van der Waals surface area contributed by atoms with Crippen LogP contribution in [0.5, 0.6) is 11.5 Å². The first-order valence-corrected chi connectivity index (χ1v) is 14.9. The van der Waals surface area contributed by atoms with E-state index in [0.29, 0.717) is 11.4 Å². The van der Waals surface area contributed by atoms with Crippen molar-refractivity contribution in [1.29, 1.82) is 0 Å². The van der Waals surface area contributed by atoms with E-state index in [0.717, 1.165) is 0 Å². The molecule has 4 rings (SSSR count). The Hall–Kier alpha value is -4.13. The number of ether oxygens (including phenoxy) is 2. The highest BCUT2D eigenvalue weighted by Crippen LogP contribution is 2.35. The first-order valence-electron chi connectivity index (χ1n) is 13.5. The predicted molar refractivity (Wildman–Crippen MR) is 159 cm³/mol. The predicted octanol–water partition coefficient (Wildman–Crippen LogP) is 3.88. The molecular formula is C30H36N4O7S. The summed E-state index contributed by atoms with van der Waals surface area (Å²) >= 11 is 0. The molecule has 0 radical (unpaired) electrons. The van der Waals surface area contributed by atoms with Gasteiger partial charge in [-0.3, -0.25) is 4.79 Å². The van der Waals surface area contributed by atoms with E-state index in [2.05, 4.69) is 10.6 Å². The van der Waals surface area contributed by atoms with Gasteiger partial charge in [0.1, 0.15) is 11.9 Å². The van der Waals surface area contributed by atoms with Gasteiger partial charge >= 0.3 is 6.03 Å². The Bertz CT molecular complexity index is 1500. The van der Waals surface area contributed by atoms with Gasteiger partial charge in [-0.05, 0) is 55.5 Å². The summed E-state index contributed by atoms with van der Waals surface area (Å²) in [4.78, 5) is 28.2. The Morgan fingerprint density at radius 3 is 2.43 bits per heavy atom. The topological polar surface area (TPSA) is 138 Å². The SMILES string of the molecule is COc1ccc(S(=O)(=O)N(C)C[C@@H]2Oc3c(NC(=O)Nc4ccccc4)cccc3C(=O)N([C@@H](C)CO)C[C@H]2C)cc1. The minimum Gasteiger partial charge on any atom is -0.497 e. The molecule has 0 aliphatic carbocycles. The molecule has 0 saturated heterocycles. The van der Waals surface area contributed by atoms with Gasteiger partial charge in [0, 0.05) is 25.2 Å². The Morgan fingerprint density at radius 1 is 1.10 bits per heavy atom. The van der Waals surface area contributed by atoms with Crippen molar-refractivity contribution in [3.8, 4) is 11.5 Å². The van der Waals surface area contributed by atoms with Gasteiger partial charge < -0.3 is 30.1 Å². The van der Waals surface area contributed by atoms with Crippen molar-refractivity contribution in [3.05, 3.63) is 78.4 Å². The molecule has 224 valence electrons. The fourth-order valence-electron chi connectivity index (χ4n) is 4.65. The maximum absolute atomic E-state index is 13.7. The molecule has 3 aromatic rings. The Kier molecular flexibility index (Phi) is 9.71. The van der Waals surface area contributed by atoms with Crippen LogP contribution in [0.15, 0.2) is 77.7 Å². The van der Waals surface area contributed by atoms with E-state index < -0.39 is 28.2 Å². The van der Waals surface area contributed by atoms with Gasteiger partial charge in [-0.25, -0.2) is 13.2 Å². The average molecular weight is 597 g/mol.